The lowest BCUT2D eigenvalue weighted by molar-refractivity contribution is -0.119. The number of methoxy groups -OCH3 is 1. The van der Waals surface area contributed by atoms with E-state index in [0.29, 0.717) is 6.42 Å². The molecule has 0 aromatic rings. The molecule has 1 rings (SSSR count). The van der Waals surface area contributed by atoms with Gasteiger partial charge in [0.25, 0.3) is 0 Å². The van der Waals surface area contributed by atoms with E-state index in [1.807, 2.05) is 0 Å². The lowest BCUT2D eigenvalue weighted by Crippen LogP contribution is -2.20. The summed E-state index contributed by atoms with van der Waals surface area (Å²) in [6.45, 7) is 5.50. The standard InChI is InChI=1S/C13H20O3/c1-9(2)12(14)7-5-10-4-6-11(16-3)8-13(10)15/h8,10,12,14H,1,4-7H2,2-3H3/t10?,12-/m1/s1. The van der Waals surface area contributed by atoms with Gasteiger partial charge in [0.2, 0.25) is 0 Å². The molecule has 0 fully saturated rings. The highest BCUT2D eigenvalue weighted by atomic mass is 16.5. The number of rotatable bonds is 5. The molecule has 1 aliphatic rings. The van der Waals surface area contributed by atoms with Crippen molar-refractivity contribution in [2.45, 2.75) is 38.7 Å². The summed E-state index contributed by atoms with van der Waals surface area (Å²) in [6, 6.07) is 0. The van der Waals surface area contributed by atoms with Gasteiger partial charge in [-0.05, 0) is 26.2 Å². The summed E-state index contributed by atoms with van der Waals surface area (Å²) in [5.41, 5.74) is 0.761. The zero-order valence-electron chi connectivity index (χ0n) is 10.0. The van der Waals surface area contributed by atoms with Gasteiger partial charge in [-0.15, -0.1) is 0 Å². The minimum atomic E-state index is -0.486. The van der Waals surface area contributed by atoms with Crippen molar-refractivity contribution >= 4 is 5.78 Å². The molecule has 16 heavy (non-hydrogen) atoms. The van der Waals surface area contributed by atoms with Gasteiger partial charge < -0.3 is 9.84 Å². The van der Waals surface area contributed by atoms with E-state index in [2.05, 4.69) is 6.58 Å². The van der Waals surface area contributed by atoms with E-state index in [1.165, 1.54) is 0 Å². The number of ether oxygens (including phenoxy) is 1. The summed E-state index contributed by atoms with van der Waals surface area (Å²) >= 11 is 0. The molecule has 90 valence electrons. The molecule has 0 aromatic carbocycles. The van der Waals surface area contributed by atoms with Crippen LogP contribution in [-0.4, -0.2) is 24.1 Å². The molecule has 3 nitrogen and oxygen atoms in total. The lowest BCUT2D eigenvalue weighted by Gasteiger charge is -2.21. The number of ketones is 1. The van der Waals surface area contributed by atoms with Crippen LogP contribution in [0.25, 0.3) is 0 Å². The molecule has 3 heteroatoms. The number of aliphatic hydroxyl groups excluding tert-OH is 1. The minimum Gasteiger partial charge on any atom is -0.501 e. The third kappa shape index (κ3) is 3.49. The Bertz CT molecular complexity index is 304. The van der Waals surface area contributed by atoms with E-state index < -0.39 is 6.10 Å². The van der Waals surface area contributed by atoms with Crippen molar-refractivity contribution in [2.75, 3.05) is 7.11 Å². The van der Waals surface area contributed by atoms with Crippen molar-refractivity contribution in [1.29, 1.82) is 0 Å². The van der Waals surface area contributed by atoms with Crippen molar-refractivity contribution in [3.8, 4) is 0 Å². The van der Waals surface area contributed by atoms with E-state index in [9.17, 15) is 9.90 Å². The van der Waals surface area contributed by atoms with Crippen LogP contribution in [0.3, 0.4) is 0 Å². The molecule has 0 bridgehead atoms. The van der Waals surface area contributed by atoms with Crippen LogP contribution in [0.1, 0.15) is 32.6 Å². The Morgan fingerprint density at radius 2 is 2.44 bits per heavy atom. The first-order valence-electron chi connectivity index (χ1n) is 5.66. The zero-order valence-corrected chi connectivity index (χ0v) is 10.0. The molecule has 2 atom stereocenters. The second kappa shape index (κ2) is 5.85. The number of hydrogen-bond donors (Lipinski definition) is 1. The van der Waals surface area contributed by atoms with Crippen LogP contribution in [0.5, 0.6) is 0 Å². The maximum atomic E-state index is 11.7. The first-order valence-corrected chi connectivity index (χ1v) is 5.66. The molecule has 0 spiro atoms. The van der Waals surface area contributed by atoms with Crippen LogP contribution >= 0.6 is 0 Å². The van der Waals surface area contributed by atoms with Gasteiger partial charge in [-0.3, -0.25) is 4.79 Å². The lowest BCUT2D eigenvalue weighted by atomic mass is 9.87. The zero-order chi connectivity index (χ0) is 12.1. The molecule has 1 unspecified atom stereocenters. The molecule has 0 aliphatic heterocycles. The predicted molar refractivity (Wildman–Crippen MR) is 62.9 cm³/mol. The molecule has 0 amide bonds. The summed E-state index contributed by atoms with van der Waals surface area (Å²) in [6.07, 6.45) is 4.07. The number of aliphatic hydroxyl groups is 1. The van der Waals surface area contributed by atoms with Crippen LogP contribution in [0.2, 0.25) is 0 Å². The van der Waals surface area contributed by atoms with Gasteiger partial charge in [-0.1, -0.05) is 12.2 Å². The van der Waals surface area contributed by atoms with Crippen LogP contribution < -0.4 is 0 Å². The Balaban J connectivity index is 2.43. The fraction of sp³-hybridized carbons (Fsp3) is 0.615. The average Bonchev–Trinajstić information content (AvgIpc) is 2.26. The van der Waals surface area contributed by atoms with Crippen LogP contribution in [-0.2, 0) is 9.53 Å². The number of carbonyl (C=O) groups excluding carboxylic acids is 1. The molecular formula is C13H20O3. The Hall–Kier alpha value is -1.09. The Kier molecular flexibility index (Phi) is 4.74. The molecule has 0 saturated carbocycles. The molecule has 0 heterocycles. The molecule has 0 aromatic heterocycles. The summed E-state index contributed by atoms with van der Waals surface area (Å²) in [7, 11) is 1.59. The van der Waals surface area contributed by atoms with E-state index in [-0.39, 0.29) is 11.7 Å². The van der Waals surface area contributed by atoms with Gasteiger partial charge in [0.1, 0.15) is 0 Å². The van der Waals surface area contributed by atoms with Crippen LogP contribution in [0, 0.1) is 5.92 Å². The topological polar surface area (TPSA) is 46.5 Å². The minimum absolute atomic E-state index is 0.0351. The monoisotopic (exact) mass is 224 g/mol. The summed E-state index contributed by atoms with van der Waals surface area (Å²) < 4.78 is 5.05. The first kappa shape index (κ1) is 13.0. The molecule has 1 aliphatic carbocycles. The maximum absolute atomic E-state index is 11.7. The second-order valence-corrected chi connectivity index (χ2v) is 4.39. The normalized spacial score (nSPS) is 22.6. The number of hydrogen-bond acceptors (Lipinski definition) is 3. The van der Waals surface area contributed by atoms with Crippen molar-refractivity contribution < 1.29 is 14.6 Å². The maximum Gasteiger partial charge on any atom is 0.162 e. The van der Waals surface area contributed by atoms with E-state index in [4.69, 9.17) is 4.74 Å². The average molecular weight is 224 g/mol. The fourth-order valence-electron chi connectivity index (χ4n) is 1.86. The number of allylic oxidation sites excluding steroid dienone is 2. The second-order valence-electron chi connectivity index (χ2n) is 4.39. The van der Waals surface area contributed by atoms with E-state index in [0.717, 1.165) is 30.6 Å². The first-order chi connectivity index (χ1) is 7.54. The summed E-state index contributed by atoms with van der Waals surface area (Å²) in [5, 5.41) is 9.59. The van der Waals surface area contributed by atoms with Crippen molar-refractivity contribution in [3.05, 3.63) is 24.0 Å². The Labute approximate surface area is 96.8 Å². The highest BCUT2D eigenvalue weighted by molar-refractivity contribution is 5.92. The van der Waals surface area contributed by atoms with Crippen molar-refractivity contribution in [1.82, 2.24) is 0 Å². The molecule has 1 N–H and O–H groups in total. The summed E-state index contributed by atoms with van der Waals surface area (Å²) in [5.74, 6) is 0.923. The smallest absolute Gasteiger partial charge is 0.162 e. The fourth-order valence-corrected chi connectivity index (χ4v) is 1.86. The quantitative estimate of drug-likeness (QED) is 0.728. The van der Waals surface area contributed by atoms with Gasteiger partial charge in [-0.25, -0.2) is 0 Å². The van der Waals surface area contributed by atoms with Crippen molar-refractivity contribution in [3.63, 3.8) is 0 Å². The predicted octanol–water partition coefficient (Wildman–Crippen LogP) is 2.21. The SMILES string of the molecule is C=C(C)[C@H](O)CCC1CCC(OC)=CC1=O. The van der Waals surface area contributed by atoms with Gasteiger partial charge in [0.15, 0.2) is 5.78 Å². The van der Waals surface area contributed by atoms with E-state index >= 15 is 0 Å². The summed E-state index contributed by atoms with van der Waals surface area (Å²) in [4.78, 5) is 11.7. The number of carbonyl (C=O) groups is 1. The molecule has 0 radical (unpaired) electrons. The van der Waals surface area contributed by atoms with Crippen LogP contribution in [0.4, 0.5) is 0 Å². The Morgan fingerprint density at radius 3 is 2.94 bits per heavy atom. The molecule has 0 saturated heterocycles. The molecular weight excluding hydrogens is 204 g/mol. The van der Waals surface area contributed by atoms with Gasteiger partial charge >= 0.3 is 0 Å². The highest BCUT2D eigenvalue weighted by Crippen LogP contribution is 2.25. The van der Waals surface area contributed by atoms with E-state index in [1.54, 1.807) is 20.1 Å². The highest BCUT2D eigenvalue weighted by Gasteiger charge is 2.23. The van der Waals surface area contributed by atoms with Gasteiger partial charge in [-0.2, -0.15) is 0 Å². The third-order valence-corrected chi connectivity index (χ3v) is 3.06. The van der Waals surface area contributed by atoms with Gasteiger partial charge in [0.05, 0.1) is 19.0 Å². The Morgan fingerprint density at radius 1 is 1.75 bits per heavy atom. The third-order valence-electron chi connectivity index (χ3n) is 3.06. The largest absolute Gasteiger partial charge is 0.501 e. The van der Waals surface area contributed by atoms with Crippen molar-refractivity contribution in [2.24, 2.45) is 5.92 Å². The van der Waals surface area contributed by atoms with Gasteiger partial charge in [0, 0.05) is 18.4 Å². The van der Waals surface area contributed by atoms with Crippen LogP contribution in [0.15, 0.2) is 24.0 Å².